The van der Waals surface area contributed by atoms with Crippen LogP contribution in [0.5, 0.6) is 0 Å². The summed E-state index contributed by atoms with van der Waals surface area (Å²) in [5.41, 5.74) is 3.12. The molecule has 2 aliphatic carbocycles. The maximum atomic E-state index is 4.27. The summed E-state index contributed by atoms with van der Waals surface area (Å²) in [6.07, 6.45) is 7.49. The highest BCUT2D eigenvalue weighted by Gasteiger charge is 2.35. The molecule has 1 unspecified atom stereocenters. The van der Waals surface area contributed by atoms with Crippen molar-refractivity contribution in [3.8, 4) is 0 Å². The number of nitrogens with one attached hydrogen (secondary N) is 1. The number of rotatable bonds is 3. The molecule has 0 aromatic carbocycles. The molecule has 80 valence electrons. The molecule has 3 atom stereocenters. The van der Waals surface area contributed by atoms with Crippen LogP contribution in [0.3, 0.4) is 0 Å². The molecule has 1 aromatic rings. The van der Waals surface area contributed by atoms with Crippen LogP contribution in [-0.4, -0.2) is 11.0 Å². The van der Waals surface area contributed by atoms with Crippen LogP contribution in [0.15, 0.2) is 17.7 Å². The molecule has 1 heterocycles. The first-order chi connectivity index (χ1) is 7.33. The second-order valence-corrected chi connectivity index (χ2v) is 5.57. The van der Waals surface area contributed by atoms with E-state index in [0.717, 1.165) is 18.4 Å². The lowest BCUT2D eigenvalue weighted by Crippen LogP contribution is -2.31. The van der Waals surface area contributed by atoms with Crippen LogP contribution in [0, 0.1) is 18.8 Å². The fourth-order valence-electron chi connectivity index (χ4n) is 2.74. The first kappa shape index (κ1) is 9.55. The van der Waals surface area contributed by atoms with Crippen molar-refractivity contribution in [2.24, 2.45) is 11.8 Å². The largest absolute Gasteiger partial charge is 0.308 e. The van der Waals surface area contributed by atoms with Gasteiger partial charge in [0.25, 0.3) is 0 Å². The smallest absolute Gasteiger partial charge is 0.0798 e. The number of fused-ring (bicyclic) bond motifs is 2. The molecule has 0 amide bonds. The number of hydrogen-bond acceptors (Lipinski definition) is 3. The van der Waals surface area contributed by atoms with Gasteiger partial charge in [0.1, 0.15) is 0 Å². The van der Waals surface area contributed by atoms with Gasteiger partial charge in [-0.1, -0.05) is 12.2 Å². The summed E-state index contributed by atoms with van der Waals surface area (Å²) in [5.74, 6) is 1.65. The van der Waals surface area contributed by atoms with Gasteiger partial charge in [0, 0.05) is 17.5 Å². The molecule has 2 nitrogen and oxygen atoms in total. The molecule has 0 radical (unpaired) electrons. The quantitative estimate of drug-likeness (QED) is 0.792. The summed E-state index contributed by atoms with van der Waals surface area (Å²) in [4.78, 5) is 5.66. The number of nitrogens with zero attached hydrogens (tertiary/aromatic N) is 1. The Balaban J connectivity index is 1.59. The molecule has 1 saturated carbocycles. The van der Waals surface area contributed by atoms with Crippen LogP contribution in [0.1, 0.15) is 23.4 Å². The zero-order valence-electron chi connectivity index (χ0n) is 8.94. The van der Waals surface area contributed by atoms with E-state index in [2.05, 4.69) is 29.4 Å². The van der Waals surface area contributed by atoms with Gasteiger partial charge in [-0.25, -0.2) is 4.98 Å². The number of aryl methyl sites for hydroxylation is 1. The van der Waals surface area contributed by atoms with E-state index in [1.54, 1.807) is 11.3 Å². The minimum absolute atomic E-state index is 0.710. The van der Waals surface area contributed by atoms with Crippen LogP contribution in [0.4, 0.5) is 0 Å². The summed E-state index contributed by atoms with van der Waals surface area (Å²) in [5, 5.41) is 3.68. The molecule has 15 heavy (non-hydrogen) atoms. The second kappa shape index (κ2) is 3.72. The van der Waals surface area contributed by atoms with E-state index < -0.39 is 0 Å². The Morgan fingerprint density at radius 2 is 2.40 bits per heavy atom. The van der Waals surface area contributed by atoms with Crippen molar-refractivity contribution in [3.63, 3.8) is 0 Å². The zero-order valence-corrected chi connectivity index (χ0v) is 9.76. The van der Waals surface area contributed by atoms with Gasteiger partial charge in [0.05, 0.1) is 11.2 Å². The highest BCUT2D eigenvalue weighted by molar-refractivity contribution is 7.09. The van der Waals surface area contributed by atoms with Crippen molar-refractivity contribution in [2.75, 3.05) is 0 Å². The SMILES string of the molecule is Cc1ncsc1CNC1C[C@H]2C=C[C@@H]1C2. The highest BCUT2D eigenvalue weighted by atomic mass is 32.1. The lowest BCUT2D eigenvalue weighted by atomic mass is 10.0. The Bertz CT molecular complexity index is 383. The van der Waals surface area contributed by atoms with Crippen molar-refractivity contribution in [2.45, 2.75) is 32.4 Å². The molecule has 0 aliphatic heterocycles. The molecule has 0 saturated heterocycles. The van der Waals surface area contributed by atoms with Crippen molar-refractivity contribution in [1.82, 2.24) is 10.3 Å². The lowest BCUT2D eigenvalue weighted by molar-refractivity contribution is 0.451. The summed E-state index contributed by atoms with van der Waals surface area (Å²) in [6.45, 7) is 3.09. The average Bonchev–Trinajstić information content (AvgIpc) is 2.90. The Morgan fingerprint density at radius 3 is 3.00 bits per heavy atom. The summed E-state index contributed by atoms with van der Waals surface area (Å²) < 4.78 is 0. The number of hydrogen-bond donors (Lipinski definition) is 1. The lowest BCUT2D eigenvalue weighted by Gasteiger charge is -2.19. The third kappa shape index (κ3) is 1.74. The summed E-state index contributed by atoms with van der Waals surface area (Å²) >= 11 is 1.76. The molecule has 1 aromatic heterocycles. The van der Waals surface area contributed by atoms with E-state index in [-0.39, 0.29) is 0 Å². The highest BCUT2D eigenvalue weighted by Crippen LogP contribution is 2.39. The zero-order chi connectivity index (χ0) is 10.3. The van der Waals surface area contributed by atoms with E-state index in [1.165, 1.54) is 23.4 Å². The molecular formula is C12H16N2S. The van der Waals surface area contributed by atoms with Gasteiger partial charge in [-0.05, 0) is 31.6 Å². The van der Waals surface area contributed by atoms with Gasteiger partial charge < -0.3 is 5.32 Å². The van der Waals surface area contributed by atoms with Crippen molar-refractivity contribution in [1.29, 1.82) is 0 Å². The molecule has 0 spiro atoms. The Hall–Kier alpha value is -0.670. The van der Waals surface area contributed by atoms with E-state index in [1.807, 2.05) is 5.51 Å². The van der Waals surface area contributed by atoms with E-state index >= 15 is 0 Å². The van der Waals surface area contributed by atoms with Crippen molar-refractivity contribution >= 4 is 11.3 Å². The van der Waals surface area contributed by atoms with Gasteiger partial charge in [0.15, 0.2) is 0 Å². The van der Waals surface area contributed by atoms with Crippen molar-refractivity contribution in [3.05, 3.63) is 28.2 Å². The third-order valence-corrected chi connectivity index (χ3v) is 4.58. The fraction of sp³-hybridized carbons (Fsp3) is 0.583. The fourth-order valence-corrected chi connectivity index (χ4v) is 3.46. The molecule has 1 fully saturated rings. The minimum Gasteiger partial charge on any atom is -0.308 e. The van der Waals surface area contributed by atoms with Crippen LogP contribution >= 0.6 is 11.3 Å². The molecule has 2 aliphatic rings. The van der Waals surface area contributed by atoms with Crippen LogP contribution in [0.25, 0.3) is 0 Å². The van der Waals surface area contributed by atoms with Gasteiger partial charge in [-0.15, -0.1) is 11.3 Å². The van der Waals surface area contributed by atoms with Crippen LogP contribution in [0.2, 0.25) is 0 Å². The van der Waals surface area contributed by atoms with Crippen LogP contribution < -0.4 is 5.32 Å². The number of allylic oxidation sites excluding steroid dienone is 1. The third-order valence-electron chi connectivity index (χ3n) is 3.65. The minimum atomic E-state index is 0.710. The standard InChI is InChI=1S/C12H16N2S/c1-8-12(15-7-14-8)6-13-11-5-9-2-3-10(11)4-9/h2-3,7,9-11,13H,4-6H2,1H3/t9-,10+,11?/m0/s1. The van der Waals surface area contributed by atoms with Crippen molar-refractivity contribution < 1.29 is 0 Å². The monoisotopic (exact) mass is 220 g/mol. The first-order valence-corrected chi connectivity index (χ1v) is 6.51. The number of thiazole rings is 1. The average molecular weight is 220 g/mol. The maximum Gasteiger partial charge on any atom is 0.0798 e. The molecular weight excluding hydrogens is 204 g/mol. The Labute approximate surface area is 94.4 Å². The normalized spacial score (nSPS) is 32.7. The van der Waals surface area contributed by atoms with Crippen LogP contribution in [-0.2, 0) is 6.54 Å². The summed E-state index contributed by atoms with van der Waals surface area (Å²) in [6, 6.07) is 0.710. The Morgan fingerprint density at radius 1 is 1.47 bits per heavy atom. The van der Waals surface area contributed by atoms with E-state index in [4.69, 9.17) is 0 Å². The first-order valence-electron chi connectivity index (χ1n) is 5.63. The predicted octanol–water partition coefficient (Wildman–Crippen LogP) is 2.51. The topological polar surface area (TPSA) is 24.9 Å². The maximum absolute atomic E-state index is 4.27. The van der Waals surface area contributed by atoms with Gasteiger partial charge >= 0.3 is 0 Å². The summed E-state index contributed by atoms with van der Waals surface area (Å²) in [7, 11) is 0. The molecule has 1 N–H and O–H groups in total. The van der Waals surface area contributed by atoms with Gasteiger partial charge in [0.2, 0.25) is 0 Å². The predicted molar refractivity (Wildman–Crippen MR) is 62.8 cm³/mol. The number of aromatic nitrogens is 1. The molecule has 3 rings (SSSR count). The Kier molecular flexibility index (Phi) is 2.37. The van der Waals surface area contributed by atoms with E-state index in [9.17, 15) is 0 Å². The van der Waals surface area contributed by atoms with E-state index in [0.29, 0.717) is 6.04 Å². The van der Waals surface area contributed by atoms with Gasteiger partial charge in [-0.2, -0.15) is 0 Å². The molecule has 2 bridgehead atoms. The van der Waals surface area contributed by atoms with Gasteiger partial charge in [-0.3, -0.25) is 0 Å². The second-order valence-electron chi connectivity index (χ2n) is 4.63. The molecule has 3 heteroatoms.